The average molecular weight is 285 g/mol. The summed E-state index contributed by atoms with van der Waals surface area (Å²) in [5.41, 5.74) is 6.11. The standard InChI is InChI=1S/C14H20N2O2.ClH/c1-14(9-15,11-6-7-11)16-13(17)10-4-3-5-12(8-10)18-2;/h3-5,8,11H,6-7,9,15H2,1-2H3,(H,16,17);1H. The molecule has 1 fully saturated rings. The Morgan fingerprint density at radius 2 is 2.21 bits per heavy atom. The molecule has 1 aliphatic carbocycles. The van der Waals surface area contributed by atoms with Gasteiger partial charge in [0.05, 0.1) is 12.6 Å². The van der Waals surface area contributed by atoms with E-state index in [-0.39, 0.29) is 23.9 Å². The van der Waals surface area contributed by atoms with Gasteiger partial charge in [-0.05, 0) is 43.9 Å². The number of carbonyl (C=O) groups excluding carboxylic acids is 1. The zero-order chi connectivity index (χ0) is 13.2. The third kappa shape index (κ3) is 3.61. The van der Waals surface area contributed by atoms with Crippen LogP contribution in [0.1, 0.15) is 30.1 Å². The van der Waals surface area contributed by atoms with Crippen molar-refractivity contribution in [2.75, 3.05) is 13.7 Å². The van der Waals surface area contributed by atoms with Gasteiger partial charge in [-0.15, -0.1) is 12.4 Å². The van der Waals surface area contributed by atoms with Gasteiger partial charge in [-0.2, -0.15) is 0 Å². The summed E-state index contributed by atoms with van der Waals surface area (Å²) in [4.78, 5) is 12.2. The minimum Gasteiger partial charge on any atom is -0.497 e. The molecule has 0 heterocycles. The Labute approximate surface area is 120 Å². The van der Waals surface area contributed by atoms with E-state index < -0.39 is 0 Å². The van der Waals surface area contributed by atoms with E-state index in [0.717, 1.165) is 12.8 Å². The first-order valence-corrected chi connectivity index (χ1v) is 6.25. The number of nitrogens with one attached hydrogen (secondary N) is 1. The quantitative estimate of drug-likeness (QED) is 0.869. The van der Waals surface area contributed by atoms with Crippen LogP contribution in [0.25, 0.3) is 0 Å². The van der Waals surface area contributed by atoms with E-state index in [2.05, 4.69) is 5.32 Å². The Balaban J connectivity index is 0.00000180. The molecule has 19 heavy (non-hydrogen) atoms. The number of nitrogens with two attached hydrogens (primary N) is 1. The number of methoxy groups -OCH3 is 1. The number of hydrogen-bond acceptors (Lipinski definition) is 3. The summed E-state index contributed by atoms with van der Waals surface area (Å²) in [6, 6.07) is 7.14. The lowest BCUT2D eigenvalue weighted by atomic mass is 9.95. The molecule has 0 radical (unpaired) electrons. The van der Waals surface area contributed by atoms with Gasteiger partial charge < -0.3 is 15.8 Å². The van der Waals surface area contributed by atoms with Gasteiger partial charge in [0.2, 0.25) is 0 Å². The fourth-order valence-electron chi connectivity index (χ4n) is 2.14. The molecule has 0 aromatic heterocycles. The molecule has 1 aliphatic rings. The number of hydrogen-bond donors (Lipinski definition) is 2. The maximum atomic E-state index is 12.2. The molecule has 3 N–H and O–H groups in total. The smallest absolute Gasteiger partial charge is 0.251 e. The highest BCUT2D eigenvalue weighted by Gasteiger charge is 2.41. The second-order valence-corrected chi connectivity index (χ2v) is 5.08. The van der Waals surface area contributed by atoms with Gasteiger partial charge >= 0.3 is 0 Å². The van der Waals surface area contributed by atoms with E-state index in [1.165, 1.54) is 0 Å². The molecule has 0 saturated heterocycles. The molecular formula is C14H21ClN2O2. The number of ether oxygens (including phenoxy) is 1. The summed E-state index contributed by atoms with van der Waals surface area (Å²) < 4.78 is 5.12. The van der Waals surface area contributed by atoms with Crippen molar-refractivity contribution < 1.29 is 9.53 Å². The van der Waals surface area contributed by atoms with Crippen molar-refractivity contribution in [2.45, 2.75) is 25.3 Å². The van der Waals surface area contributed by atoms with Crippen molar-refractivity contribution in [1.29, 1.82) is 0 Å². The van der Waals surface area contributed by atoms with Gasteiger partial charge in [-0.25, -0.2) is 0 Å². The maximum Gasteiger partial charge on any atom is 0.251 e. The molecule has 106 valence electrons. The normalized spacial score (nSPS) is 17.0. The van der Waals surface area contributed by atoms with Crippen LogP contribution in [0.15, 0.2) is 24.3 Å². The average Bonchev–Trinajstić information content (AvgIpc) is 3.23. The second kappa shape index (κ2) is 6.26. The molecule has 0 bridgehead atoms. The van der Waals surface area contributed by atoms with Crippen LogP contribution in [0, 0.1) is 5.92 Å². The number of amides is 1. The molecule has 1 aromatic rings. The number of rotatable bonds is 5. The first-order chi connectivity index (χ1) is 8.59. The molecule has 4 nitrogen and oxygen atoms in total. The van der Waals surface area contributed by atoms with Gasteiger partial charge in [-0.3, -0.25) is 4.79 Å². The van der Waals surface area contributed by atoms with Crippen LogP contribution in [-0.4, -0.2) is 25.1 Å². The molecular weight excluding hydrogens is 264 g/mol. The number of carbonyl (C=O) groups is 1. The Bertz CT molecular complexity index is 449. The van der Waals surface area contributed by atoms with Crippen LogP contribution in [0.2, 0.25) is 0 Å². The van der Waals surface area contributed by atoms with Crippen LogP contribution >= 0.6 is 12.4 Å². The summed E-state index contributed by atoms with van der Waals surface area (Å²) in [5, 5.41) is 3.05. The number of benzene rings is 1. The van der Waals surface area contributed by atoms with Crippen molar-refractivity contribution >= 4 is 18.3 Å². The van der Waals surface area contributed by atoms with E-state index in [9.17, 15) is 4.79 Å². The van der Waals surface area contributed by atoms with E-state index in [1.807, 2.05) is 19.1 Å². The predicted molar refractivity (Wildman–Crippen MR) is 77.9 cm³/mol. The first kappa shape index (κ1) is 15.8. The SMILES string of the molecule is COc1cccc(C(=O)NC(C)(CN)C2CC2)c1.Cl. The summed E-state index contributed by atoms with van der Waals surface area (Å²) in [6.07, 6.45) is 2.29. The van der Waals surface area contributed by atoms with Crippen molar-refractivity contribution in [2.24, 2.45) is 11.7 Å². The Morgan fingerprint density at radius 3 is 2.74 bits per heavy atom. The first-order valence-electron chi connectivity index (χ1n) is 6.25. The third-order valence-electron chi connectivity index (χ3n) is 3.63. The maximum absolute atomic E-state index is 12.2. The molecule has 1 amide bonds. The van der Waals surface area contributed by atoms with Crippen LogP contribution in [-0.2, 0) is 0 Å². The molecule has 5 heteroatoms. The second-order valence-electron chi connectivity index (χ2n) is 5.08. The summed E-state index contributed by atoms with van der Waals surface area (Å²) in [7, 11) is 1.59. The monoisotopic (exact) mass is 284 g/mol. The summed E-state index contributed by atoms with van der Waals surface area (Å²) in [6.45, 7) is 2.48. The highest BCUT2D eigenvalue weighted by atomic mass is 35.5. The van der Waals surface area contributed by atoms with E-state index in [1.54, 1.807) is 19.2 Å². The molecule has 0 aliphatic heterocycles. The lowest BCUT2D eigenvalue weighted by Crippen LogP contribution is -2.53. The highest BCUT2D eigenvalue weighted by Crippen LogP contribution is 2.39. The van der Waals surface area contributed by atoms with E-state index in [0.29, 0.717) is 23.8 Å². The largest absolute Gasteiger partial charge is 0.497 e. The minimum atomic E-state index is -0.292. The highest BCUT2D eigenvalue weighted by molar-refractivity contribution is 5.95. The lowest BCUT2D eigenvalue weighted by Gasteiger charge is -2.29. The minimum absolute atomic E-state index is 0. The zero-order valence-corrected chi connectivity index (χ0v) is 12.1. The number of halogens is 1. The summed E-state index contributed by atoms with van der Waals surface area (Å²) in [5.74, 6) is 1.11. The summed E-state index contributed by atoms with van der Waals surface area (Å²) >= 11 is 0. The van der Waals surface area contributed by atoms with E-state index >= 15 is 0 Å². The zero-order valence-electron chi connectivity index (χ0n) is 11.3. The Kier molecular flexibility index (Phi) is 5.20. The molecule has 1 saturated carbocycles. The molecule has 0 spiro atoms. The van der Waals surface area contributed by atoms with Gasteiger partial charge in [0.15, 0.2) is 0 Å². The van der Waals surface area contributed by atoms with Crippen molar-refractivity contribution in [1.82, 2.24) is 5.32 Å². The Morgan fingerprint density at radius 1 is 1.53 bits per heavy atom. The van der Waals surface area contributed by atoms with Crippen LogP contribution in [0.3, 0.4) is 0 Å². The van der Waals surface area contributed by atoms with Crippen molar-refractivity contribution in [3.8, 4) is 5.75 Å². The molecule has 1 unspecified atom stereocenters. The van der Waals surface area contributed by atoms with Gasteiger partial charge in [0.25, 0.3) is 5.91 Å². The van der Waals surface area contributed by atoms with Crippen LogP contribution < -0.4 is 15.8 Å². The van der Waals surface area contributed by atoms with Crippen LogP contribution in [0.4, 0.5) is 0 Å². The fourth-order valence-corrected chi connectivity index (χ4v) is 2.14. The lowest BCUT2D eigenvalue weighted by molar-refractivity contribution is 0.0897. The fraction of sp³-hybridized carbons (Fsp3) is 0.500. The van der Waals surface area contributed by atoms with Gasteiger partial charge in [-0.1, -0.05) is 6.07 Å². The van der Waals surface area contributed by atoms with Crippen molar-refractivity contribution in [3.63, 3.8) is 0 Å². The van der Waals surface area contributed by atoms with Crippen molar-refractivity contribution in [3.05, 3.63) is 29.8 Å². The predicted octanol–water partition coefficient (Wildman–Crippen LogP) is 1.97. The topological polar surface area (TPSA) is 64.3 Å². The molecule has 1 aromatic carbocycles. The van der Waals surface area contributed by atoms with E-state index in [4.69, 9.17) is 10.5 Å². The van der Waals surface area contributed by atoms with Gasteiger partial charge in [0.1, 0.15) is 5.75 Å². The Hall–Kier alpha value is -1.26. The molecule has 1 atom stereocenters. The third-order valence-corrected chi connectivity index (χ3v) is 3.63. The molecule has 2 rings (SSSR count). The van der Waals surface area contributed by atoms with Gasteiger partial charge in [0, 0.05) is 12.1 Å². The van der Waals surface area contributed by atoms with Crippen LogP contribution in [0.5, 0.6) is 5.75 Å².